The molecule has 0 aliphatic rings. The first kappa shape index (κ1) is 33.4. The predicted octanol–water partition coefficient (Wildman–Crippen LogP) is 10.4. The van der Waals surface area contributed by atoms with Gasteiger partial charge in [-0.1, -0.05) is 89.5 Å². The lowest BCUT2D eigenvalue weighted by Gasteiger charge is -2.16. The van der Waals surface area contributed by atoms with Gasteiger partial charge >= 0.3 is 11.9 Å². The number of ether oxygens (including phenoxy) is 3. The molecule has 3 rings (SSSR count). The molecular formula is C37H45NO5. The van der Waals surface area contributed by atoms with Gasteiger partial charge in [-0.25, -0.2) is 14.4 Å². The van der Waals surface area contributed by atoms with Crippen LogP contribution in [0.4, 0.5) is 5.69 Å². The molecule has 6 nitrogen and oxygen atoms in total. The highest BCUT2D eigenvalue weighted by Gasteiger charge is 2.15. The van der Waals surface area contributed by atoms with Gasteiger partial charge in [-0.2, -0.15) is 0 Å². The van der Waals surface area contributed by atoms with E-state index in [0.29, 0.717) is 29.4 Å². The zero-order valence-corrected chi connectivity index (χ0v) is 25.9. The summed E-state index contributed by atoms with van der Waals surface area (Å²) in [5.41, 5.74) is 2.96. The molecule has 0 amide bonds. The van der Waals surface area contributed by atoms with E-state index in [9.17, 15) is 9.59 Å². The molecule has 0 bridgehead atoms. The fourth-order valence-corrected chi connectivity index (χ4v) is 4.78. The monoisotopic (exact) mass is 583 g/mol. The summed E-state index contributed by atoms with van der Waals surface area (Å²) in [5, 5.41) is 0. The highest BCUT2D eigenvalue weighted by atomic mass is 16.5. The maximum Gasteiger partial charge on any atom is 0.342 e. The van der Waals surface area contributed by atoms with Crippen LogP contribution in [0.15, 0.2) is 66.7 Å². The van der Waals surface area contributed by atoms with Crippen molar-refractivity contribution in [2.75, 3.05) is 6.61 Å². The molecule has 3 aromatic rings. The molecule has 0 radical (unpaired) electrons. The molecule has 0 aliphatic heterocycles. The van der Waals surface area contributed by atoms with E-state index >= 15 is 0 Å². The second kappa shape index (κ2) is 18.4. The minimum absolute atomic E-state index is 0.00592. The molecule has 0 spiro atoms. The molecular weight excluding hydrogens is 538 g/mol. The average molecular weight is 584 g/mol. The zero-order chi connectivity index (χ0) is 30.9. The maximum absolute atomic E-state index is 12.8. The number of carbonyl (C=O) groups excluding carboxylic acids is 2. The minimum atomic E-state index is -0.541. The van der Waals surface area contributed by atoms with Gasteiger partial charge in [0.25, 0.3) is 0 Å². The quantitative estimate of drug-likeness (QED) is 0.0645. The van der Waals surface area contributed by atoms with E-state index in [-0.39, 0.29) is 17.6 Å². The molecule has 6 heteroatoms. The van der Waals surface area contributed by atoms with Crippen LogP contribution in [0, 0.1) is 6.57 Å². The fraction of sp³-hybridized carbons (Fsp3) is 0.432. The standard InChI is InChI=1S/C37H45NO5/c1-5-7-9-11-12-14-26-41-36(39)31-18-16-29(17-19-31)30-20-23-33(24-21-30)43-37(40)32-22-25-35(34(27-32)38-4)42-28(3)15-13-10-8-6-2/h16-25,27-28H,5-15,26H2,1-3H3. The van der Waals surface area contributed by atoms with Crippen LogP contribution in [-0.2, 0) is 4.74 Å². The lowest BCUT2D eigenvalue weighted by molar-refractivity contribution is 0.0497. The summed E-state index contributed by atoms with van der Waals surface area (Å²) in [5.74, 6) is 0.0332. The number of rotatable bonds is 18. The van der Waals surface area contributed by atoms with Crippen molar-refractivity contribution in [1.29, 1.82) is 0 Å². The molecule has 43 heavy (non-hydrogen) atoms. The molecule has 0 saturated heterocycles. The van der Waals surface area contributed by atoms with Crippen molar-refractivity contribution < 1.29 is 23.8 Å². The van der Waals surface area contributed by atoms with Crippen molar-refractivity contribution >= 4 is 17.6 Å². The Morgan fingerprint density at radius 3 is 1.95 bits per heavy atom. The van der Waals surface area contributed by atoms with Crippen LogP contribution in [0.1, 0.15) is 112 Å². The summed E-state index contributed by atoms with van der Waals surface area (Å²) in [6, 6.07) is 19.3. The Hall–Kier alpha value is -4.11. The van der Waals surface area contributed by atoms with E-state index in [0.717, 1.165) is 36.8 Å². The van der Waals surface area contributed by atoms with Crippen molar-refractivity contribution in [3.63, 3.8) is 0 Å². The largest absolute Gasteiger partial charge is 0.502 e. The Morgan fingerprint density at radius 2 is 1.30 bits per heavy atom. The second-order valence-electron chi connectivity index (χ2n) is 11.0. The van der Waals surface area contributed by atoms with Crippen LogP contribution in [0.3, 0.4) is 0 Å². The van der Waals surface area contributed by atoms with E-state index in [2.05, 4.69) is 18.7 Å². The van der Waals surface area contributed by atoms with Gasteiger partial charge in [-0.15, -0.1) is 0 Å². The van der Waals surface area contributed by atoms with Crippen LogP contribution in [0.2, 0.25) is 0 Å². The number of carbonyl (C=O) groups is 2. The third kappa shape index (κ3) is 11.2. The molecule has 3 aromatic carbocycles. The smallest absolute Gasteiger partial charge is 0.342 e. The van der Waals surface area contributed by atoms with E-state index in [1.165, 1.54) is 51.0 Å². The van der Waals surface area contributed by atoms with Gasteiger partial charge in [0.15, 0.2) is 0 Å². The molecule has 0 heterocycles. The highest BCUT2D eigenvalue weighted by Crippen LogP contribution is 2.31. The van der Waals surface area contributed by atoms with Crippen molar-refractivity contribution in [2.24, 2.45) is 0 Å². The van der Waals surface area contributed by atoms with E-state index < -0.39 is 5.97 Å². The summed E-state index contributed by atoms with van der Waals surface area (Å²) in [6.45, 7) is 14.4. The number of hydrogen-bond donors (Lipinski definition) is 0. The van der Waals surface area contributed by atoms with Crippen molar-refractivity contribution in [3.8, 4) is 22.6 Å². The number of hydrogen-bond acceptors (Lipinski definition) is 5. The lowest BCUT2D eigenvalue weighted by Crippen LogP contribution is -2.12. The first-order valence-electron chi connectivity index (χ1n) is 15.7. The van der Waals surface area contributed by atoms with Crippen molar-refractivity contribution in [1.82, 2.24) is 0 Å². The summed E-state index contributed by atoms with van der Waals surface area (Å²) in [4.78, 5) is 28.7. The number of nitrogens with zero attached hydrogens (tertiary/aromatic N) is 1. The van der Waals surface area contributed by atoms with Gasteiger partial charge in [0, 0.05) is 5.56 Å². The molecule has 0 N–H and O–H groups in total. The predicted molar refractivity (Wildman–Crippen MR) is 172 cm³/mol. The van der Waals surface area contributed by atoms with Gasteiger partial charge in [0.2, 0.25) is 5.69 Å². The second-order valence-corrected chi connectivity index (χ2v) is 11.0. The van der Waals surface area contributed by atoms with Gasteiger partial charge < -0.3 is 14.2 Å². The molecule has 1 unspecified atom stereocenters. The van der Waals surface area contributed by atoms with Gasteiger partial charge in [0.05, 0.1) is 24.8 Å². The fourth-order valence-electron chi connectivity index (χ4n) is 4.78. The summed E-state index contributed by atoms with van der Waals surface area (Å²) >= 11 is 0. The maximum atomic E-state index is 12.8. The molecule has 228 valence electrons. The summed E-state index contributed by atoms with van der Waals surface area (Å²) in [6.07, 6.45) is 12.5. The first-order valence-corrected chi connectivity index (χ1v) is 15.7. The van der Waals surface area contributed by atoms with Gasteiger partial charge in [0.1, 0.15) is 11.5 Å². The topological polar surface area (TPSA) is 66.2 Å². The summed E-state index contributed by atoms with van der Waals surface area (Å²) in [7, 11) is 0. The Balaban J connectivity index is 1.51. The third-order valence-corrected chi connectivity index (χ3v) is 7.36. The minimum Gasteiger partial charge on any atom is -0.502 e. The summed E-state index contributed by atoms with van der Waals surface area (Å²) < 4.78 is 17.0. The molecule has 0 saturated carbocycles. The van der Waals surface area contributed by atoms with Crippen LogP contribution in [0.25, 0.3) is 16.0 Å². The van der Waals surface area contributed by atoms with Crippen LogP contribution >= 0.6 is 0 Å². The SMILES string of the molecule is [C-]#[N+]c1cc(C(=O)Oc2ccc(-c3ccc(C(=O)OCCCCCCCC)cc3)cc2)ccc1OC(C)CCCCCC. The number of esters is 2. The highest BCUT2D eigenvalue weighted by molar-refractivity contribution is 5.93. The Kier molecular flexibility index (Phi) is 14.3. The van der Waals surface area contributed by atoms with Gasteiger partial charge in [-0.05, 0) is 79.8 Å². The molecule has 1 atom stereocenters. The first-order chi connectivity index (χ1) is 20.9. The van der Waals surface area contributed by atoms with Crippen LogP contribution in [-0.4, -0.2) is 24.6 Å². The van der Waals surface area contributed by atoms with E-state index in [1.54, 1.807) is 36.4 Å². The normalized spacial score (nSPS) is 11.4. The number of unbranched alkanes of at least 4 members (excludes halogenated alkanes) is 8. The average Bonchev–Trinajstić information content (AvgIpc) is 3.03. The van der Waals surface area contributed by atoms with Crippen LogP contribution in [0.5, 0.6) is 11.5 Å². The van der Waals surface area contributed by atoms with E-state index in [4.69, 9.17) is 20.8 Å². The molecule has 0 aromatic heterocycles. The Morgan fingerprint density at radius 1 is 0.721 bits per heavy atom. The molecule has 0 aliphatic carbocycles. The van der Waals surface area contributed by atoms with Crippen molar-refractivity contribution in [2.45, 2.75) is 97.5 Å². The Bertz CT molecular complexity index is 1320. The van der Waals surface area contributed by atoms with Gasteiger partial charge in [-0.3, -0.25) is 0 Å². The third-order valence-electron chi connectivity index (χ3n) is 7.36. The zero-order valence-electron chi connectivity index (χ0n) is 25.9. The van der Waals surface area contributed by atoms with E-state index in [1.807, 2.05) is 31.2 Å². The number of benzene rings is 3. The Labute approximate surface area is 257 Å². The lowest BCUT2D eigenvalue weighted by atomic mass is 10.0. The van der Waals surface area contributed by atoms with Crippen molar-refractivity contribution in [3.05, 3.63) is 89.3 Å². The molecule has 0 fully saturated rings. The van der Waals surface area contributed by atoms with Crippen LogP contribution < -0.4 is 9.47 Å².